The number of esters is 1. The zero-order valence-electron chi connectivity index (χ0n) is 16.2. The minimum absolute atomic E-state index is 0.100. The molecule has 3 rings (SSSR count). The fourth-order valence-electron chi connectivity index (χ4n) is 2.94. The Morgan fingerprint density at radius 1 is 1.28 bits per heavy atom. The first-order chi connectivity index (χ1) is 13.9. The fraction of sp³-hybridized carbons (Fsp3) is 0.273. The van der Waals surface area contributed by atoms with Gasteiger partial charge in [0.1, 0.15) is 23.4 Å². The zero-order chi connectivity index (χ0) is 20.8. The quantitative estimate of drug-likeness (QED) is 0.567. The standard InChI is InChI=1S/C22H22FNO5/c1-3-27-19-12-16-10-14(2)29-20(16)11-15(19)4-9-22(26)28-13-21(25)24-18-7-5-17(23)6-8-18/h4-9,11-12,14H,3,10,13H2,1-2H3,(H,24,25)/b9-4+/t14-/m1/s1. The van der Waals surface area contributed by atoms with E-state index in [4.69, 9.17) is 14.2 Å². The molecule has 1 amide bonds. The van der Waals surface area contributed by atoms with Crippen molar-refractivity contribution >= 4 is 23.6 Å². The SMILES string of the molecule is CCOc1cc2c(cc1/C=C/C(=O)OCC(=O)Nc1ccc(F)cc1)O[C@H](C)C2. The van der Waals surface area contributed by atoms with E-state index in [1.807, 2.05) is 26.0 Å². The predicted octanol–water partition coefficient (Wildman–Crippen LogP) is 3.74. The predicted molar refractivity (Wildman–Crippen MR) is 106 cm³/mol. The molecule has 2 aromatic carbocycles. The van der Waals surface area contributed by atoms with Crippen LogP contribution in [0.25, 0.3) is 6.08 Å². The molecule has 0 radical (unpaired) electrons. The Labute approximate surface area is 168 Å². The monoisotopic (exact) mass is 399 g/mol. The molecule has 0 aliphatic carbocycles. The van der Waals surface area contributed by atoms with Gasteiger partial charge in [-0.1, -0.05) is 0 Å². The van der Waals surface area contributed by atoms with E-state index in [1.54, 1.807) is 6.08 Å². The molecule has 1 aliphatic rings. The number of carbonyl (C=O) groups excluding carboxylic acids is 2. The highest BCUT2D eigenvalue weighted by molar-refractivity contribution is 5.94. The van der Waals surface area contributed by atoms with Crippen molar-refractivity contribution in [1.82, 2.24) is 0 Å². The van der Waals surface area contributed by atoms with Crippen molar-refractivity contribution in [3.8, 4) is 11.5 Å². The second-order valence-corrected chi connectivity index (χ2v) is 6.56. The molecule has 1 N–H and O–H groups in total. The fourth-order valence-corrected chi connectivity index (χ4v) is 2.94. The van der Waals surface area contributed by atoms with Gasteiger partial charge in [-0.25, -0.2) is 9.18 Å². The van der Waals surface area contributed by atoms with Crippen LogP contribution in [-0.4, -0.2) is 31.2 Å². The molecule has 152 valence electrons. The Balaban J connectivity index is 1.58. The Morgan fingerprint density at radius 2 is 2.03 bits per heavy atom. The van der Waals surface area contributed by atoms with E-state index < -0.39 is 24.3 Å². The first-order valence-corrected chi connectivity index (χ1v) is 9.31. The highest BCUT2D eigenvalue weighted by atomic mass is 19.1. The second-order valence-electron chi connectivity index (χ2n) is 6.56. The van der Waals surface area contributed by atoms with Crippen molar-refractivity contribution in [3.05, 3.63) is 59.4 Å². The lowest BCUT2D eigenvalue weighted by Crippen LogP contribution is -2.20. The van der Waals surface area contributed by atoms with Gasteiger partial charge in [-0.3, -0.25) is 4.79 Å². The summed E-state index contributed by atoms with van der Waals surface area (Å²) in [4.78, 5) is 23.8. The Morgan fingerprint density at radius 3 is 2.76 bits per heavy atom. The maximum Gasteiger partial charge on any atom is 0.331 e. The van der Waals surface area contributed by atoms with Crippen LogP contribution in [0.3, 0.4) is 0 Å². The molecule has 0 aromatic heterocycles. The maximum atomic E-state index is 12.9. The molecule has 0 spiro atoms. The summed E-state index contributed by atoms with van der Waals surface area (Å²) in [6, 6.07) is 9.03. The van der Waals surface area contributed by atoms with Crippen molar-refractivity contribution in [2.75, 3.05) is 18.5 Å². The number of fused-ring (bicyclic) bond motifs is 1. The van der Waals surface area contributed by atoms with Crippen LogP contribution in [0.1, 0.15) is 25.0 Å². The third kappa shape index (κ3) is 5.57. The van der Waals surface area contributed by atoms with Gasteiger partial charge in [-0.15, -0.1) is 0 Å². The molecular weight excluding hydrogens is 377 g/mol. The van der Waals surface area contributed by atoms with Crippen LogP contribution in [-0.2, 0) is 20.7 Å². The lowest BCUT2D eigenvalue weighted by molar-refractivity contribution is -0.142. The first kappa shape index (κ1) is 20.4. The molecule has 2 aromatic rings. The van der Waals surface area contributed by atoms with Crippen LogP contribution in [0, 0.1) is 5.82 Å². The topological polar surface area (TPSA) is 73.9 Å². The van der Waals surface area contributed by atoms with Gasteiger partial charge in [0.15, 0.2) is 6.61 Å². The molecule has 1 aliphatic heterocycles. The number of benzene rings is 2. The van der Waals surface area contributed by atoms with E-state index in [-0.39, 0.29) is 6.10 Å². The number of carbonyl (C=O) groups is 2. The summed E-state index contributed by atoms with van der Waals surface area (Å²) in [5, 5.41) is 2.51. The number of anilines is 1. The van der Waals surface area contributed by atoms with E-state index in [1.165, 1.54) is 30.3 Å². The van der Waals surface area contributed by atoms with Gasteiger partial charge in [0.05, 0.1) is 6.61 Å². The van der Waals surface area contributed by atoms with Gasteiger partial charge in [-0.2, -0.15) is 0 Å². The molecule has 1 atom stereocenters. The van der Waals surface area contributed by atoms with Crippen LogP contribution in [0.2, 0.25) is 0 Å². The number of nitrogens with one attached hydrogen (secondary N) is 1. The minimum atomic E-state index is -0.670. The normalized spacial score (nSPS) is 14.9. The average molecular weight is 399 g/mol. The molecule has 6 nitrogen and oxygen atoms in total. The van der Waals surface area contributed by atoms with Gasteiger partial charge in [0.2, 0.25) is 0 Å². The second kappa shape index (κ2) is 9.23. The van der Waals surface area contributed by atoms with E-state index in [2.05, 4.69) is 5.32 Å². The van der Waals surface area contributed by atoms with Gasteiger partial charge >= 0.3 is 5.97 Å². The number of rotatable bonds is 7. The number of hydrogen-bond donors (Lipinski definition) is 1. The molecule has 0 unspecified atom stereocenters. The molecule has 29 heavy (non-hydrogen) atoms. The van der Waals surface area contributed by atoms with Crippen LogP contribution in [0.4, 0.5) is 10.1 Å². The van der Waals surface area contributed by atoms with Crippen molar-refractivity contribution in [1.29, 1.82) is 0 Å². The molecule has 0 bridgehead atoms. The maximum absolute atomic E-state index is 12.9. The van der Waals surface area contributed by atoms with Gasteiger partial charge < -0.3 is 19.5 Å². The number of hydrogen-bond acceptors (Lipinski definition) is 5. The van der Waals surface area contributed by atoms with Gasteiger partial charge in [-0.05, 0) is 56.3 Å². The van der Waals surface area contributed by atoms with Crippen LogP contribution >= 0.6 is 0 Å². The van der Waals surface area contributed by atoms with Crippen molar-refractivity contribution < 1.29 is 28.2 Å². The van der Waals surface area contributed by atoms with Crippen molar-refractivity contribution in [3.63, 3.8) is 0 Å². The largest absolute Gasteiger partial charge is 0.493 e. The van der Waals surface area contributed by atoms with Crippen molar-refractivity contribution in [2.45, 2.75) is 26.4 Å². The number of ether oxygens (including phenoxy) is 3. The Kier molecular flexibility index (Phi) is 6.49. The molecule has 0 fully saturated rings. The lowest BCUT2D eigenvalue weighted by atomic mass is 10.1. The molecule has 0 saturated carbocycles. The van der Waals surface area contributed by atoms with Crippen LogP contribution in [0.15, 0.2) is 42.5 Å². The Hall–Kier alpha value is -3.35. The summed E-state index contributed by atoms with van der Waals surface area (Å²) < 4.78 is 29.2. The summed E-state index contributed by atoms with van der Waals surface area (Å²) in [6.07, 6.45) is 3.71. The average Bonchev–Trinajstić information content (AvgIpc) is 3.05. The third-order valence-electron chi connectivity index (χ3n) is 4.20. The smallest absolute Gasteiger partial charge is 0.331 e. The summed E-state index contributed by atoms with van der Waals surface area (Å²) in [5.41, 5.74) is 2.17. The molecule has 0 saturated heterocycles. The van der Waals surface area contributed by atoms with Crippen LogP contribution < -0.4 is 14.8 Å². The van der Waals surface area contributed by atoms with E-state index in [9.17, 15) is 14.0 Å². The van der Waals surface area contributed by atoms with Gasteiger partial charge in [0.25, 0.3) is 5.91 Å². The third-order valence-corrected chi connectivity index (χ3v) is 4.20. The summed E-state index contributed by atoms with van der Waals surface area (Å²) in [5.74, 6) is -0.170. The number of halogens is 1. The molecular formula is C22H22FNO5. The van der Waals surface area contributed by atoms with E-state index in [0.29, 0.717) is 23.6 Å². The van der Waals surface area contributed by atoms with E-state index in [0.717, 1.165) is 17.7 Å². The minimum Gasteiger partial charge on any atom is -0.493 e. The summed E-state index contributed by atoms with van der Waals surface area (Å²) in [7, 11) is 0. The lowest BCUT2D eigenvalue weighted by Gasteiger charge is -2.10. The molecule has 1 heterocycles. The first-order valence-electron chi connectivity index (χ1n) is 9.31. The molecule has 7 heteroatoms. The van der Waals surface area contributed by atoms with Crippen LogP contribution in [0.5, 0.6) is 11.5 Å². The van der Waals surface area contributed by atoms with Gasteiger partial charge in [0, 0.05) is 29.3 Å². The van der Waals surface area contributed by atoms with E-state index >= 15 is 0 Å². The highest BCUT2D eigenvalue weighted by Gasteiger charge is 2.21. The summed E-state index contributed by atoms with van der Waals surface area (Å²) >= 11 is 0. The van der Waals surface area contributed by atoms with Crippen molar-refractivity contribution in [2.24, 2.45) is 0 Å². The number of amides is 1. The summed E-state index contributed by atoms with van der Waals surface area (Å²) in [6.45, 7) is 3.91. The highest BCUT2D eigenvalue weighted by Crippen LogP contribution is 2.35. The zero-order valence-corrected chi connectivity index (χ0v) is 16.2. The Bertz CT molecular complexity index is 924.